The van der Waals surface area contributed by atoms with Gasteiger partial charge in [-0.05, 0) is 42.7 Å². The van der Waals surface area contributed by atoms with Gasteiger partial charge in [0.25, 0.3) is 0 Å². The van der Waals surface area contributed by atoms with Gasteiger partial charge in [0, 0.05) is 23.9 Å². The number of nitrogens with zero attached hydrogens (tertiary/aromatic N) is 2. The summed E-state index contributed by atoms with van der Waals surface area (Å²) in [6.07, 6.45) is 0.744. The fourth-order valence-corrected chi connectivity index (χ4v) is 3.20. The van der Waals surface area contributed by atoms with E-state index < -0.39 is 0 Å². The Labute approximate surface area is 171 Å². The molecule has 0 aliphatic heterocycles. The Morgan fingerprint density at radius 3 is 1.90 bits per heavy atom. The Hall–Kier alpha value is -3.66. The van der Waals surface area contributed by atoms with E-state index in [9.17, 15) is 0 Å². The van der Waals surface area contributed by atoms with E-state index in [1.165, 1.54) is 11.1 Å². The SMILES string of the molecule is Cc1ccccc1Nc1cc(Cc2ccccc2)nc(Nc2ccccc2C)n1. The second-order valence-electron chi connectivity index (χ2n) is 7.11. The molecular weight excluding hydrogens is 356 g/mol. The van der Waals surface area contributed by atoms with Crippen LogP contribution in [0.25, 0.3) is 0 Å². The van der Waals surface area contributed by atoms with Gasteiger partial charge in [0.05, 0.1) is 5.69 Å². The molecule has 0 aliphatic rings. The van der Waals surface area contributed by atoms with Gasteiger partial charge in [-0.15, -0.1) is 0 Å². The number of aromatic nitrogens is 2. The normalized spacial score (nSPS) is 10.6. The number of rotatable bonds is 6. The lowest BCUT2D eigenvalue weighted by molar-refractivity contribution is 1.03. The van der Waals surface area contributed by atoms with Crippen LogP contribution in [0.3, 0.4) is 0 Å². The molecular formula is C25H24N4. The number of nitrogens with one attached hydrogen (secondary N) is 2. The summed E-state index contributed by atoms with van der Waals surface area (Å²) in [5.74, 6) is 1.36. The zero-order valence-corrected chi connectivity index (χ0v) is 16.7. The predicted octanol–water partition coefficient (Wildman–Crippen LogP) is 6.17. The quantitative estimate of drug-likeness (QED) is 0.420. The smallest absolute Gasteiger partial charge is 0.229 e. The van der Waals surface area contributed by atoms with Crippen molar-refractivity contribution in [1.29, 1.82) is 0 Å². The standard InChI is InChI=1S/C25H24N4/c1-18-10-6-8-14-22(18)27-24-17-21(16-20-12-4-3-5-13-20)26-25(29-24)28-23-15-9-7-11-19(23)2/h3-15,17H,16H2,1-2H3,(H2,26,27,28,29). The van der Waals surface area contributed by atoms with E-state index in [1.54, 1.807) is 0 Å². The number of aryl methyl sites for hydroxylation is 2. The van der Waals surface area contributed by atoms with Crippen LogP contribution in [0.2, 0.25) is 0 Å². The van der Waals surface area contributed by atoms with Crippen LogP contribution in [0.5, 0.6) is 0 Å². The topological polar surface area (TPSA) is 49.8 Å². The molecule has 0 bridgehead atoms. The summed E-state index contributed by atoms with van der Waals surface area (Å²) in [7, 11) is 0. The average molecular weight is 380 g/mol. The van der Waals surface area contributed by atoms with E-state index in [0.717, 1.165) is 34.9 Å². The lowest BCUT2D eigenvalue weighted by Crippen LogP contribution is -2.05. The molecule has 0 spiro atoms. The number of anilines is 4. The van der Waals surface area contributed by atoms with Crippen LogP contribution in [-0.2, 0) is 6.42 Å². The summed E-state index contributed by atoms with van der Waals surface area (Å²) < 4.78 is 0. The minimum Gasteiger partial charge on any atom is -0.340 e. The first kappa shape index (κ1) is 18.7. The van der Waals surface area contributed by atoms with Gasteiger partial charge in [-0.25, -0.2) is 4.98 Å². The number of hydrogen-bond donors (Lipinski definition) is 2. The third-order valence-electron chi connectivity index (χ3n) is 4.81. The maximum Gasteiger partial charge on any atom is 0.229 e. The molecule has 4 aromatic rings. The van der Waals surface area contributed by atoms with Crippen molar-refractivity contribution in [2.75, 3.05) is 10.6 Å². The fraction of sp³-hybridized carbons (Fsp3) is 0.120. The van der Waals surface area contributed by atoms with Gasteiger partial charge in [-0.2, -0.15) is 4.98 Å². The van der Waals surface area contributed by atoms with Crippen molar-refractivity contribution in [3.05, 3.63) is 107 Å². The number of para-hydroxylation sites is 2. The Balaban J connectivity index is 1.68. The molecule has 144 valence electrons. The van der Waals surface area contributed by atoms with Gasteiger partial charge in [-0.1, -0.05) is 66.7 Å². The zero-order chi connectivity index (χ0) is 20.1. The van der Waals surface area contributed by atoms with Gasteiger partial charge in [0.1, 0.15) is 5.82 Å². The van der Waals surface area contributed by atoms with E-state index >= 15 is 0 Å². The summed E-state index contributed by atoms with van der Waals surface area (Å²) in [6.45, 7) is 4.16. The first-order valence-corrected chi connectivity index (χ1v) is 9.74. The van der Waals surface area contributed by atoms with Crippen molar-refractivity contribution in [1.82, 2.24) is 9.97 Å². The number of benzene rings is 3. The molecule has 0 fully saturated rings. The minimum absolute atomic E-state index is 0.587. The van der Waals surface area contributed by atoms with E-state index in [1.807, 2.05) is 42.5 Å². The minimum atomic E-state index is 0.587. The maximum absolute atomic E-state index is 4.77. The van der Waals surface area contributed by atoms with Gasteiger partial charge < -0.3 is 10.6 Å². The maximum atomic E-state index is 4.77. The third kappa shape index (κ3) is 4.79. The van der Waals surface area contributed by atoms with Crippen LogP contribution >= 0.6 is 0 Å². The largest absolute Gasteiger partial charge is 0.340 e. The van der Waals surface area contributed by atoms with E-state index in [2.05, 4.69) is 66.9 Å². The highest BCUT2D eigenvalue weighted by atomic mass is 15.1. The number of hydrogen-bond acceptors (Lipinski definition) is 4. The molecule has 0 amide bonds. The second kappa shape index (κ2) is 8.57. The van der Waals surface area contributed by atoms with Crippen molar-refractivity contribution in [3.8, 4) is 0 Å². The van der Waals surface area contributed by atoms with Crippen LogP contribution < -0.4 is 10.6 Å². The summed E-state index contributed by atoms with van der Waals surface area (Å²) in [4.78, 5) is 9.48. The first-order chi connectivity index (χ1) is 14.2. The van der Waals surface area contributed by atoms with E-state index in [4.69, 9.17) is 9.97 Å². The van der Waals surface area contributed by atoms with Crippen LogP contribution in [0, 0.1) is 13.8 Å². The summed E-state index contributed by atoms with van der Waals surface area (Å²) >= 11 is 0. The zero-order valence-electron chi connectivity index (χ0n) is 16.7. The molecule has 0 saturated heterocycles. The highest BCUT2D eigenvalue weighted by Crippen LogP contribution is 2.23. The monoisotopic (exact) mass is 380 g/mol. The molecule has 0 radical (unpaired) electrons. The third-order valence-corrected chi connectivity index (χ3v) is 4.81. The molecule has 29 heavy (non-hydrogen) atoms. The molecule has 4 rings (SSSR count). The Bertz CT molecular complexity index is 1040. The molecule has 0 saturated carbocycles. The molecule has 0 aliphatic carbocycles. The van der Waals surface area contributed by atoms with Gasteiger partial charge in [0.15, 0.2) is 0 Å². The Morgan fingerprint density at radius 2 is 1.24 bits per heavy atom. The summed E-state index contributed by atoms with van der Waals surface area (Å²) in [5, 5.41) is 6.82. The molecule has 0 unspecified atom stereocenters. The van der Waals surface area contributed by atoms with Crippen molar-refractivity contribution in [2.24, 2.45) is 0 Å². The summed E-state index contributed by atoms with van der Waals surface area (Å²) in [6, 6.07) is 28.7. The van der Waals surface area contributed by atoms with Crippen molar-refractivity contribution < 1.29 is 0 Å². The van der Waals surface area contributed by atoms with Crippen LogP contribution in [0.1, 0.15) is 22.4 Å². The van der Waals surface area contributed by atoms with Crippen molar-refractivity contribution >= 4 is 23.1 Å². The Morgan fingerprint density at radius 1 is 0.655 bits per heavy atom. The van der Waals surface area contributed by atoms with Crippen LogP contribution in [0.15, 0.2) is 84.9 Å². The molecule has 3 aromatic carbocycles. The van der Waals surface area contributed by atoms with E-state index in [0.29, 0.717) is 5.95 Å². The molecule has 0 atom stereocenters. The van der Waals surface area contributed by atoms with Crippen molar-refractivity contribution in [2.45, 2.75) is 20.3 Å². The average Bonchev–Trinajstić information content (AvgIpc) is 2.72. The fourth-order valence-electron chi connectivity index (χ4n) is 3.20. The lowest BCUT2D eigenvalue weighted by atomic mass is 10.1. The molecule has 1 aromatic heterocycles. The highest BCUT2D eigenvalue weighted by Gasteiger charge is 2.09. The molecule has 4 nitrogen and oxygen atoms in total. The highest BCUT2D eigenvalue weighted by molar-refractivity contribution is 5.63. The molecule has 1 heterocycles. The molecule has 4 heteroatoms. The van der Waals surface area contributed by atoms with Crippen LogP contribution in [-0.4, -0.2) is 9.97 Å². The second-order valence-corrected chi connectivity index (χ2v) is 7.11. The molecule has 2 N–H and O–H groups in total. The Kier molecular flexibility index (Phi) is 5.52. The van der Waals surface area contributed by atoms with E-state index in [-0.39, 0.29) is 0 Å². The summed E-state index contributed by atoms with van der Waals surface area (Å²) in [5.41, 5.74) is 6.54. The van der Waals surface area contributed by atoms with Gasteiger partial charge in [0.2, 0.25) is 5.95 Å². The first-order valence-electron chi connectivity index (χ1n) is 9.74. The predicted molar refractivity (Wildman–Crippen MR) is 120 cm³/mol. The van der Waals surface area contributed by atoms with Gasteiger partial charge >= 0.3 is 0 Å². The van der Waals surface area contributed by atoms with Crippen molar-refractivity contribution in [3.63, 3.8) is 0 Å². The lowest BCUT2D eigenvalue weighted by Gasteiger charge is -2.13. The van der Waals surface area contributed by atoms with Crippen LogP contribution in [0.4, 0.5) is 23.1 Å². The van der Waals surface area contributed by atoms with Gasteiger partial charge in [-0.3, -0.25) is 0 Å².